The van der Waals surface area contributed by atoms with E-state index >= 15 is 0 Å². The van der Waals surface area contributed by atoms with Gasteiger partial charge in [0.2, 0.25) is 0 Å². The maximum atomic E-state index is 13.6. The van der Waals surface area contributed by atoms with Crippen molar-refractivity contribution in [3.8, 4) is 5.75 Å². The Labute approximate surface area is 178 Å². The summed E-state index contributed by atoms with van der Waals surface area (Å²) in [5.74, 6) is -1.39. The molecule has 0 aliphatic carbocycles. The van der Waals surface area contributed by atoms with Crippen LogP contribution in [0.25, 0.3) is 0 Å². The van der Waals surface area contributed by atoms with Gasteiger partial charge < -0.3 is 10.1 Å². The molecular formula is C24H19FN2O4. The quantitative estimate of drug-likeness (QED) is 0.631. The minimum absolute atomic E-state index is 0.00954. The van der Waals surface area contributed by atoms with Crippen molar-refractivity contribution < 1.29 is 23.5 Å². The molecule has 0 bridgehead atoms. The lowest BCUT2D eigenvalue weighted by atomic mass is 10.1. The van der Waals surface area contributed by atoms with Crippen LogP contribution in [0.3, 0.4) is 0 Å². The zero-order valence-corrected chi connectivity index (χ0v) is 16.9. The molecule has 3 amide bonds. The van der Waals surface area contributed by atoms with Crippen molar-refractivity contribution in [3.63, 3.8) is 0 Å². The fourth-order valence-corrected chi connectivity index (χ4v) is 3.51. The van der Waals surface area contributed by atoms with Crippen LogP contribution in [-0.2, 0) is 6.54 Å². The number of ether oxygens (including phenoxy) is 1. The van der Waals surface area contributed by atoms with Crippen LogP contribution in [0.15, 0.2) is 60.7 Å². The number of fused-ring (bicyclic) bond motifs is 1. The summed E-state index contributed by atoms with van der Waals surface area (Å²) in [6.07, 6.45) is 0. The van der Waals surface area contributed by atoms with Gasteiger partial charge in [-0.05, 0) is 54.4 Å². The number of benzene rings is 3. The van der Waals surface area contributed by atoms with Crippen LogP contribution in [0, 0.1) is 12.7 Å². The molecule has 0 saturated heterocycles. The fraction of sp³-hybridized carbons (Fsp3) is 0.125. The van der Waals surface area contributed by atoms with Crippen molar-refractivity contribution in [1.29, 1.82) is 0 Å². The van der Waals surface area contributed by atoms with Crippen LogP contribution in [0.5, 0.6) is 5.75 Å². The number of anilines is 1. The second kappa shape index (κ2) is 8.02. The molecule has 0 unspecified atom stereocenters. The molecule has 1 aliphatic rings. The number of nitrogens with zero attached hydrogens (tertiary/aromatic N) is 1. The van der Waals surface area contributed by atoms with Gasteiger partial charge >= 0.3 is 0 Å². The molecule has 31 heavy (non-hydrogen) atoms. The molecule has 4 rings (SSSR count). The molecule has 0 radical (unpaired) electrons. The predicted octanol–water partition coefficient (Wildman–Crippen LogP) is 4.19. The molecule has 156 valence electrons. The third-order valence-electron chi connectivity index (χ3n) is 5.18. The summed E-state index contributed by atoms with van der Waals surface area (Å²) in [7, 11) is 1.43. The Kier molecular flexibility index (Phi) is 5.25. The van der Waals surface area contributed by atoms with Gasteiger partial charge in [-0.3, -0.25) is 19.3 Å². The second-order valence-corrected chi connectivity index (χ2v) is 7.19. The normalized spacial score (nSPS) is 12.7. The standard InChI is InChI=1S/C24H19FN2O4/c1-14-7-9-16(25)12-20(14)26-22(28)19-11-15(8-10-21(19)31-2)13-27-23(29)17-5-3-4-6-18(17)24(27)30/h3-12H,13H2,1-2H3,(H,26,28). The first-order valence-corrected chi connectivity index (χ1v) is 9.58. The van der Waals surface area contributed by atoms with Gasteiger partial charge in [-0.15, -0.1) is 0 Å². The third kappa shape index (κ3) is 3.77. The van der Waals surface area contributed by atoms with Crippen LogP contribution < -0.4 is 10.1 Å². The lowest BCUT2D eigenvalue weighted by Crippen LogP contribution is -2.29. The minimum atomic E-state index is -0.491. The number of aryl methyl sites for hydroxylation is 1. The van der Waals surface area contributed by atoms with Crippen molar-refractivity contribution in [3.05, 3.63) is 94.3 Å². The number of methoxy groups -OCH3 is 1. The van der Waals surface area contributed by atoms with Gasteiger partial charge in [0.1, 0.15) is 11.6 Å². The molecule has 0 fully saturated rings. The van der Waals surface area contributed by atoms with E-state index in [1.165, 1.54) is 19.2 Å². The zero-order valence-electron chi connectivity index (χ0n) is 16.9. The smallest absolute Gasteiger partial charge is 0.261 e. The number of carbonyl (C=O) groups is 3. The third-order valence-corrected chi connectivity index (χ3v) is 5.18. The molecule has 3 aromatic rings. The Bertz CT molecular complexity index is 1190. The van der Waals surface area contributed by atoms with Gasteiger partial charge in [-0.2, -0.15) is 0 Å². The van der Waals surface area contributed by atoms with Crippen LogP contribution in [0.2, 0.25) is 0 Å². The van der Waals surface area contributed by atoms with E-state index in [9.17, 15) is 18.8 Å². The lowest BCUT2D eigenvalue weighted by Gasteiger charge is -2.16. The van der Waals surface area contributed by atoms with E-state index in [1.807, 2.05) is 0 Å². The Balaban J connectivity index is 1.61. The van der Waals surface area contributed by atoms with Crippen molar-refractivity contribution in [1.82, 2.24) is 4.90 Å². The lowest BCUT2D eigenvalue weighted by molar-refractivity contribution is 0.0642. The topological polar surface area (TPSA) is 75.7 Å². The van der Waals surface area contributed by atoms with E-state index in [2.05, 4.69) is 5.32 Å². The number of carbonyl (C=O) groups excluding carboxylic acids is 3. The first-order chi connectivity index (χ1) is 14.9. The molecular weight excluding hydrogens is 399 g/mol. The van der Waals surface area contributed by atoms with Gasteiger partial charge in [0, 0.05) is 5.69 Å². The highest BCUT2D eigenvalue weighted by atomic mass is 19.1. The monoisotopic (exact) mass is 418 g/mol. The first-order valence-electron chi connectivity index (χ1n) is 9.58. The van der Waals surface area contributed by atoms with E-state index in [0.717, 1.165) is 4.90 Å². The zero-order chi connectivity index (χ0) is 22.1. The first kappa shape index (κ1) is 20.3. The van der Waals surface area contributed by atoms with Crippen LogP contribution in [0.1, 0.15) is 42.2 Å². The summed E-state index contributed by atoms with van der Waals surface area (Å²) in [4.78, 5) is 39.3. The van der Waals surface area contributed by atoms with Gasteiger partial charge in [-0.1, -0.05) is 24.3 Å². The maximum absolute atomic E-state index is 13.6. The van der Waals surface area contributed by atoms with Crippen LogP contribution >= 0.6 is 0 Å². The number of rotatable bonds is 5. The Morgan fingerprint density at radius 1 is 1.00 bits per heavy atom. The van der Waals surface area contributed by atoms with E-state index in [-0.39, 0.29) is 23.9 Å². The highest BCUT2D eigenvalue weighted by Crippen LogP contribution is 2.27. The SMILES string of the molecule is COc1ccc(CN2C(=O)c3ccccc3C2=O)cc1C(=O)Nc1cc(F)ccc1C. The number of hydrogen-bond donors (Lipinski definition) is 1. The molecule has 1 N–H and O–H groups in total. The summed E-state index contributed by atoms with van der Waals surface area (Å²) in [5, 5.41) is 2.69. The minimum Gasteiger partial charge on any atom is -0.496 e. The van der Waals surface area contributed by atoms with Gasteiger partial charge in [0.15, 0.2) is 0 Å². The number of amides is 3. The number of imide groups is 1. The maximum Gasteiger partial charge on any atom is 0.261 e. The largest absolute Gasteiger partial charge is 0.496 e. The number of halogens is 1. The van der Waals surface area contributed by atoms with Crippen LogP contribution in [0.4, 0.5) is 10.1 Å². The molecule has 0 aromatic heterocycles. The molecule has 1 aliphatic heterocycles. The fourth-order valence-electron chi connectivity index (χ4n) is 3.51. The number of hydrogen-bond acceptors (Lipinski definition) is 4. The predicted molar refractivity (Wildman–Crippen MR) is 113 cm³/mol. The second-order valence-electron chi connectivity index (χ2n) is 7.19. The Morgan fingerprint density at radius 3 is 2.32 bits per heavy atom. The van der Waals surface area contributed by atoms with Gasteiger partial charge in [0.25, 0.3) is 17.7 Å². The van der Waals surface area contributed by atoms with E-state index in [0.29, 0.717) is 33.7 Å². The molecule has 3 aromatic carbocycles. The summed E-state index contributed by atoms with van der Waals surface area (Å²) in [5.41, 5.74) is 2.56. The Hall–Kier alpha value is -4.00. The van der Waals surface area contributed by atoms with Gasteiger partial charge in [0.05, 0.1) is 30.3 Å². The average molecular weight is 418 g/mol. The molecule has 0 spiro atoms. The molecule has 6 nitrogen and oxygen atoms in total. The molecule has 0 saturated carbocycles. The van der Waals surface area contributed by atoms with E-state index in [4.69, 9.17) is 4.74 Å². The molecule has 1 heterocycles. The van der Waals surface area contributed by atoms with Crippen LogP contribution in [-0.4, -0.2) is 29.7 Å². The highest BCUT2D eigenvalue weighted by molar-refractivity contribution is 6.21. The van der Waals surface area contributed by atoms with Crippen molar-refractivity contribution >= 4 is 23.4 Å². The van der Waals surface area contributed by atoms with Gasteiger partial charge in [-0.25, -0.2) is 4.39 Å². The van der Waals surface area contributed by atoms with Crippen molar-refractivity contribution in [2.24, 2.45) is 0 Å². The average Bonchev–Trinajstić information content (AvgIpc) is 3.01. The van der Waals surface area contributed by atoms with Crippen molar-refractivity contribution in [2.75, 3.05) is 12.4 Å². The molecule has 0 atom stereocenters. The summed E-state index contributed by atoms with van der Waals surface area (Å²) in [6, 6.07) is 15.6. The molecule has 7 heteroatoms. The summed E-state index contributed by atoms with van der Waals surface area (Å²) < 4.78 is 18.9. The van der Waals surface area contributed by atoms with Crippen molar-refractivity contribution in [2.45, 2.75) is 13.5 Å². The number of nitrogens with one attached hydrogen (secondary N) is 1. The van der Waals surface area contributed by atoms with E-state index < -0.39 is 11.7 Å². The highest BCUT2D eigenvalue weighted by Gasteiger charge is 2.35. The Morgan fingerprint density at radius 2 is 1.68 bits per heavy atom. The summed E-state index contributed by atoms with van der Waals surface area (Å²) >= 11 is 0. The summed E-state index contributed by atoms with van der Waals surface area (Å²) in [6.45, 7) is 1.76. The van der Waals surface area contributed by atoms with E-state index in [1.54, 1.807) is 55.5 Å².